The van der Waals surface area contributed by atoms with E-state index in [0.717, 1.165) is 24.8 Å². The molecule has 1 aliphatic carbocycles. The highest BCUT2D eigenvalue weighted by molar-refractivity contribution is 5.93. The molecule has 1 aromatic heterocycles. The molecule has 2 heterocycles. The molecule has 0 spiro atoms. The van der Waals surface area contributed by atoms with Crippen molar-refractivity contribution < 1.29 is 9.18 Å². The molecular formula is C15H19FN4O. The molecule has 2 atom stereocenters. The first-order valence-corrected chi connectivity index (χ1v) is 7.39. The maximum atomic E-state index is 13.7. The van der Waals surface area contributed by atoms with Gasteiger partial charge in [-0.15, -0.1) is 5.10 Å². The van der Waals surface area contributed by atoms with Crippen LogP contribution in [0.25, 0.3) is 0 Å². The van der Waals surface area contributed by atoms with Gasteiger partial charge in [-0.2, -0.15) is 5.10 Å². The first-order valence-electron chi connectivity index (χ1n) is 7.39. The first kappa shape index (κ1) is 14.0. The van der Waals surface area contributed by atoms with Gasteiger partial charge in [0, 0.05) is 24.7 Å². The van der Waals surface area contributed by atoms with Crippen LogP contribution in [-0.2, 0) is 4.79 Å². The third-order valence-corrected chi connectivity index (χ3v) is 4.05. The Balaban J connectivity index is 1.62. The molecule has 0 saturated carbocycles. The molecule has 2 aliphatic rings. The molecule has 21 heavy (non-hydrogen) atoms. The van der Waals surface area contributed by atoms with Crippen molar-refractivity contribution in [3.63, 3.8) is 0 Å². The van der Waals surface area contributed by atoms with Crippen LogP contribution in [0.15, 0.2) is 30.0 Å². The topological polar surface area (TPSA) is 58.1 Å². The Hall–Kier alpha value is -1.98. The van der Waals surface area contributed by atoms with Crippen molar-refractivity contribution in [3.8, 4) is 0 Å². The van der Waals surface area contributed by atoms with Crippen molar-refractivity contribution >= 4 is 11.7 Å². The lowest BCUT2D eigenvalue weighted by atomic mass is 10.2. The quantitative estimate of drug-likeness (QED) is 0.915. The number of nitrogens with zero attached hydrogens (tertiary/aromatic N) is 3. The van der Waals surface area contributed by atoms with Crippen LogP contribution in [0.3, 0.4) is 0 Å². The van der Waals surface area contributed by atoms with E-state index in [9.17, 15) is 9.18 Å². The zero-order valence-electron chi connectivity index (χ0n) is 11.8. The van der Waals surface area contributed by atoms with Crippen molar-refractivity contribution in [3.05, 3.63) is 30.0 Å². The van der Waals surface area contributed by atoms with Crippen LogP contribution in [-0.4, -0.2) is 41.4 Å². The molecule has 0 unspecified atom stereocenters. The number of aromatic nitrogens is 2. The number of hydrogen-bond acceptors (Lipinski definition) is 4. The summed E-state index contributed by atoms with van der Waals surface area (Å²) in [4.78, 5) is 13.9. The summed E-state index contributed by atoms with van der Waals surface area (Å²) in [6.45, 7) is 0.745. The lowest BCUT2D eigenvalue weighted by molar-refractivity contribution is -0.117. The number of alkyl halides is 1. The molecular weight excluding hydrogens is 271 g/mol. The lowest BCUT2D eigenvalue weighted by Crippen LogP contribution is -2.41. The third-order valence-electron chi connectivity index (χ3n) is 4.05. The van der Waals surface area contributed by atoms with Gasteiger partial charge in [-0.1, -0.05) is 6.08 Å². The Bertz CT molecular complexity index is 534. The smallest absolute Gasteiger partial charge is 0.246 e. The van der Waals surface area contributed by atoms with Gasteiger partial charge in [-0.25, -0.2) is 4.39 Å². The van der Waals surface area contributed by atoms with Gasteiger partial charge in [0.05, 0.1) is 12.6 Å². The molecule has 1 saturated heterocycles. The van der Waals surface area contributed by atoms with Gasteiger partial charge < -0.3 is 10.2 Å². The molecule has 0 aromatic carbocycles. The van der Waals surface area contributed by atoms with Gasteiger partial charge >= 0.3 is 0 Å². The van der Waals surface area contributed by atoms with Crippen LogP contribution in [0.4, 0.5) is 10.2 Å². The summed E-state index contributed by atoms with van der Waals surface area (Å²) in [5.74, 6) is 0.644. The van der Waals surface area contributed by atoms with Crippen molar-refractivity contribution in [1.82, 2.24) is 15.5 Å². The van der Waals surface area contributed by atoms with Crippen LogP contribution in [0.2, 0.25) is 0 Å². The van der Waals surface area contributed by atoms with E-state index >= 15 is 0 Å². The Labute approximate surface area is 123 Å². The molecule has 0 bridgehead atoms. The number of anilines is 1. The third kappa shape index (κ3) is 3.20. The number of amides is 1. The average molecular weight is 290 g/mol. The summed E-state index contributed by atoms with van der Waals surface area (Å²) in [7, 11) is 0. The molecule has 1 N–H and O–H groups in total. The second-order valence-electron chi connectivity index (χ2n) is 5.55. The highest BCUT2D eigenvalue weighted by Gasteiger charge is 2.33. The molecule has 0 radical (unpaired) electrons. The zero-order chi connectivity index (χ0) is 14.7. The molecule has 5 nitrogen and oxygen atoms in total. The van der Waals surface area contributed by atoms with Crippen LogP contribution < -0.4 is 10.2 Å². The number of allylic oxidation sites excluding steroid dienone is 1. The van der Waals surface area contributed by atoms with E-state index < -0.39 is 6.17 Å². The number of carbonyl (C=O) groups excluding carboxylic acids is 1. The second-order valence-corrected chi connectivity index (χ2v) is 5.55. The van der Waals surface area contributed by atoms with Gasteiger partial charge in [0.1, 0.15) is 6.17 Å². The van der Waals surface area contributed by atoms with Crippen LogP contribution in [0, 0.1) is 0 Å². The van der Waals surface area contributed by atoms with Crippen molar-refractivity contribution in [2.24, 2.45) is 0 Å². The minimum Gasteiger partial charge on any atom is -0.350 e. The highest BCUT2D eigenvalue weighted by Crippen LogP contribution is 2.25. The van der Waals surface area contributed by atoms with Crippen molar-refractivity contribution in [2.75, 3.05) is 18.0 Å². The summed E-state index contributed by atoms with van der Waals surface area (Å²) in [5.41, 5.74) is 0.857. The number of carbonyl (C=O) groups is 1. The fourth-order valence-corrected chi connectivity index (χ4v) is 2.98. The molecule has 1 aliphatic heterocycles. The SMILES string of the molecule is O=C(NC[C@@H]1C[C@H](F)CN1c1cccnn1)C1=CCCC1. The van der Waals surface area contributed by atoms with Gasteiger partial charge in [-0.05, 0) is 31.4 Å². The monoisotopic (exact) mass is 290 g/mol. The first-order chi connectivity index (χ1) is 10.2. The van der Waals surface area contributed by atoms with E-state index in [1.54, 1.807) is 12.3 Å². The van der Waals surface area contributed by atoms with E-state index in [4.69, 9.17) is 0 Å². The Kier molecular flexibility index (Phi) is 4.13. The van der Waals surface area contributed by atoms with Crippen LogP contribution >= 0.6 is 0 Å². The Morgan fingerprint density at radius 1 is 1.52 bits per heavy atom. The fraction of sp³-hybridized carbons (Fsp3) is 0.533. The van der Waals surface area contributed by atoms with E-state index in [0.29, 0.717) is 25.3 Å². The largest absolute Gasteiger partial charge is 0.350 e. The number of halogens is 1. The van der Waals surface area contributed by atoms with E-state index in [1.165, 1.54) is 0 Å². The van der Waals surface area contributed by atoms with Gasteiger partial charge in [0.15, 0.2) is 5.82 Å². The zero-order valence-corrected chi connectivity index (χ0v) is 11.8. The average Bonchev–Trinajstić information content (AvgIpc) is 3.15. The summed E-state index contributed by atoms with van der Waals surface area (Å²) < 4.78 is 13.7. The molecule has 1 fully saturated rings. The number of rotatable bonds is 4. The van der Waals surface area contributed by atoms with Gasteiger partial charge in [0.2, 0.25) is 5.91 Å². The Morgan fingerprint density at radius 2 is 2.43 bits per heavy atom. The predicted octanol–water partition coefficient (Wildman–Crippen LogP) is 1.62. The lowest BCUT2D eigenvalue weighted by Gasteiger charge is -2.25. The van der Waals surface area contributed by atoms with Crippen LogP contribution in [0.1, 0.15) is 25.7 Å². The molecule has 1 aromatic rings. The summed E-state index contributed by atoms with van der Waals surface area (Å²) >= 11 is 0. The highest BCUT2D eigenvalue weighted by atomic mass is 19.1. The maximum absolute atomic E-state index is 13.7. The summed E-state index contributed by atoms with van der Waals surface area (Å²) in [6, 6.07) is 3.54. The number of hydrogen-bond donors (Lipinski definition) is 1. The standard InChI is InChI=1S/C15H19FN4O/c16-12-8-13(9-17-15(21)11-4-1-2-5-11)20(10-12)14-6-3-7-18-19-14/h3-4,6-7,12-13H,1-2,5,8-10H2,(H,17,21)/t12-,13-/m0/s1. The predicted molar refractivity (Wildman–Crippen MR) is 77.6 cm³/mol. The summed E-state index contributed by atoms with van der Waals surface area (Å²) in [6.07, 6.45) is 5.97. The molecule has 6 heteroatoms. The van der Waals surface area contributed by atoms with E-state index in [-0.39, 0.29) is 11.9 Å². The van der Waals surface area contributed by atoms with Crippen LogP contribution in [0.5, 0.6) is 0 Å². The molecule has 3 rings (SSSR count). The minimum absolute atomic E-state index is 0.0195. The summed E-state index contributed by atoms with van der Waals surface area (Å²) in [5, 5.41) is 10.8. The van der Waals surface area contributed by atoms with Crippen molar-refractivity contribution in [1.29, 1.82) is 0 Å². The fourth-order valence-electron chi connectivity index (χ4n) is 2.98. The van der Waals surface area contributed by atoms with Crippen molar-refractivity contribution in [2.45, 2.75) is 37.9 Å². The van der Waals surface area contributed by atoms with E-state index in [2.05, 4.69) is 15.5 Å². The number of nitrogens with one attached hydrogen (secondary N) is 1. The van der Waals surface area contributed by atoms with Gasteiger partial charge in [0.25, 0.3) is 0 Å². The molecule has 112 valence electrons. The minimum atomic E-state index is -0.889. The van der Waals surface area contributed by atoms with E-state index in [1.807, 2.05) is 17.0 Å². The van der Waals surface area contributed by atoms with Gasteiger partial charge in [-0.3, -0.25) is 4.79 Å². The molecule has 1 amide bonds. The second kappa shape index (κ2) is 6.20. The maximum Gasteiger partial charge on any atom is 0.246 e. The normalized spacial score (nSPS) is 25.0. The Morgan fingerprint density at radius 3 is 3.14 bits per heavy atom.